The lowest BCUT2D eigenvalue weighted by Crippen LogP contribution is -2.10. The van der Waals surface area contributed by atoms with Crippen LogP contribution in [0.25, 0.3) is 16.7 Å². The van der Waals surface area contributed by atoms with Crippen molar-refractivity contribution in [2.24, 2.45) is 0 Å². The lowest BCUT2D eigenvalue weighted by Gasteiger charge is -2.04. The molecule has 5 nitrogen and oxygen atoms in total. The monoisotopic (exact) mass is 260 g/mol. The maximum absolute atomic E-state index is 11.7. The van der Waals surface area contributed by atoms with E-state index in [1.807, 2.05) is 18.2 Å². The molecule has 0 saturated heterocycles. The van der Waals surface area contributed by atoms with Gasteiger partial charge in [0.2, 0.25) is 0 Å². The number of hydrogen-bond acceptors (Lipinski definition) is 3. The number of nitrogens with zero attached hydrogens (tertiary/aromatic N) is 3. The van der Waals surface area contributed by atoms with Crippen LogP contribution >= 0.6 is 11.6 Å². The maximum atomic E-state index is 11.7. The summed E-state index contributed by atoms with van der Waals surface area (Å²) < 4.78 is 1.57. The summed E-state index contributed by atoms with van der Waals surface area (Å²) in [6, 6.07) is 7.29. The molecule has 0 amide bonds. The third kappa shape index (κ3) is 1.60. The molecule has 2 heterocycles. The minimum absolute atomic E-state index is 0.198. The van der Waals surface area contributed by atoms with Crippen LogP contribution in [0.4, 0.5) is 0 Å². The molecule has 3 aromatic rings. The lowest BCUT2D eigenvalue weighted by atomic mass is 10.3. The first-order valence-corrected chi connectivity index (χ1v) is 5.74. The van der Waals surface area contributed by atoms with Gasteiger partial charge in [0.25, 0.3) is 5.56 Å². The summed E-state index contributed by atoms with van der Waals surface area (Å²) in [5, 5.41) is 5.18. The van der Waals surface area contributed by atoms with Gasteiger partial charge in [-0.3, -0.25) is 4.79 Å². The number of halogens is 1. The average Bonchev–Trinajstić information content (AvgIpc) is 2.73. The van der Waals surface area contributed by atoms with Gasteiger partial charge in [0.1, 0.15) is 11.2 Å². The number of para-hydroxylation sites is 1. The van der Waals surface area contributed by atoms with Gasteiger partial charge < -0.3 is 4.98 Å². The van der Waals surface area contributed by atoms with Crippen molar-refractivity contribution in [2.45, 2.75) is 6.92 Å². The van der Waals surface area contributed by atoms with E-state index in [2.05, 4.69) is 15.1 Å². The predicted octanol–water partition coefficient (Wildman–Crippen LogP) is 2.07. The molecular weight excluding hydrogens is 252 g/mol. The quantitative estimate of drug-likeness (QED) is 0.728. The Morgan fingerprint density at radius 1 is 1.33 bits per heavy atom. The molecule has 0 aliphatic carbocycles. The van der Waals surface area contributed by atoms with Gasteiger partial charge in [-0.05, 0) is 19.1 Å². The van der Waals surface area contributed by atoms with E-state index >= 15 is 0 Å². The van der Waals surface area contributed by atoms with Crippen LogP contribution in [0.15, 0.2) is 35.3 Å². The molecule has 0 fully saturated rings. The van der Waals surface area contributed by atoms with E-state index in [-0.39, 0.29) is 5.56 Å². The Morgan fingerprint density at radius 3 is 2.89 bits per heavy atom. The molecular formula is C12H9ClN4O. The van der Waals surface area contributed by atoms with E-state index in [1.54, 1.807) is 17.7 Å². The second-order valence-corrected chi connectivity index (χ2v) is 4.30. The number of benzene rings is 1. The molecule has 0 saturated carbocycles. The molecule has 3 rings (SSSR count). The fourth-order valence-corrected chi connectivity index (χ4v) is 2.04. The Labute approximate surface area is 107 Å². The van der Waals surface area contributed by atoms with Gasteiger partial charge in [-0.25, -0.2) is 9.67 Å². The minimum Gasteiger partial charge on any atom is -0.310 e. The average molecular weight is 261 g/mol. The standard InChI is InChI=1S/C12H9ClN4O/c1-7-15-11-8(12(18)16-7)6-14-17(11)10-5-3-2-4-9(10)13/h2-6H,1H3,(H,15,16,18). The third-order valence-electron chi connectivity index (χ3n) is 2.64. The molecule has 18 heavy (non-hydrogen) atoms. The van der Waals surface area contributed by atoms with Crippen molar-refractivity contribution in [3.8, 4) is 5.69 Å². The van der Waals surface area contributed by atoms with Gasteiger partial charge in [-0.1, -0.05) is 23.7 Å². The summed E-state index contributed by atoms with van der Waals surface area (Å²) in [4.78, 5) is 18.7. The zero-order valence-corrected chi connectivity index (χ0v) is 10.3. The van der Waals surface area contributed by atoms with Crippen molar-refractivity contribution < 1.29 is 0 Å². The highest BCUT2D eigenvalue weighted by atomic mass is 35.5. The van der Waals surface area contributed by atoms with E-state index in [1.165, 1.54) is 6.20 Å². The van der Waals surface area contributed by atoms with Crippen molar-refractivity contribution in [1.82, 2.24) is 19.7 Å². The fourth-order valence-electron chi connectivity index (χ4n) is 1.83. The van der Waals surface area contributed by atoms with E-state index in [9.17, 15) is 4.79 Å². The molecule has 0 bridgehead atoms. The predicted molar refractivity (Wildman–Crippen MR) is 69.2 cm³/mol. The van der Waals surface area contributed by atoms with Gasteiger partial charge in [0.05, 0.1) is 16.9 Å². The van der Waals surface area contributed by atoms with Crippen LogP contribution in [-0.2, 0) is 0 Å². The third-order valence-corrected chi connectivity index (χ3v) is 2.96. The van der Waals surface area contributed by atoms with Gasteiger partial charge in [-0.15, -0.1) is 0 Å². The SMILES string of the molecule is Cc1nc2c(cnn2-c2ccccc2Cl)c(=O)[nH]1. The summed E-state index contributed by atoms with van der Waals surface area (Å²) in [7, 11) is 0. The Kier molecular flexibility index (Phi) is 2.41. The second kappa shape index (κ2) is 3.96. The molecule has 0 atom stereocenters. The lowest BCUT2D eigenvalue weighted by molar-refractivity contribution is 0.888. The molecule has 0 radical (unpaired) electrons. The van der Waals surface area contributed by atoms with Crippen LogP contribution < -0.4 is 5.56 Å². The van der Waals surface area contributed by atoms with E-state index in [0.29, 0.717) is 27.6 Å². The zero-order chi connectivity index (χ0) is 12.7. The molecule has 90 valence electrons. The molecule has 0 spiro atoms. The summed E-state index contributed by atoms with van der Waals surface area (Å²) in [5.74, 6) is 0.543. The molecule has 0 aliphatic rings. The highest BCUT2D eigenvalue weighted by molar-refractivity contribution is 6.32. The van der Waals surface area contributed by atoms with E-state index in [0.717, 1.165) is 0 Å². The number of H-pyrrole nitrogens is 1. The Morgan fingerprint density at radius 2 is 2.11 bits per heavy atom. The van der Waals surface area contributed by atoms with Crippen molar-refractivity contribution in [3.63, 3.8) is 0 Å². The first-order chi connectivity index (χ1) is 8.66. The van der Waals surface area contributed by atoms with Gasteiger partial charge >= 0.3 is 0 Å². The van der Waals surface area contributed by atoms with Crippen LogP contribution in [-0.4, -0.2) is 19.7 Å². The second-order valence-electron chi connectivity index (χ2n) is 3.90. The summed E-state index contributed by atoms with van der Waals surface area (Å²) in [6.07, 6.45) is 1.49. The molecule has 0 aliphatic heterocycles. The topological polar surface area (TPSA) is 63.6 Å². The van der Waals surface area contributed by atoms with Crippen LogP contribution in [0, 0.1) is 6.92 Å². The van der Waals surface area contributed by atoms with Crippen molar-refractivity contribution >= 4 is 22.6 Å². The van der Waals surface area contributed by atoms with Crippen molar-refractivity contribution in [2.75, 3.05) is 0 Å². The number of hydrogen-bond donors (Lipinski definition) is 1. The fraction of sp³-hybridized carbons (Fsp3) is 0.0833. The number of rotatable bonds is 1. The number of nitrogens with one attached hydrogen (secondary N) is 1. The first-order valence-electron chi connectivity index (χ1n) is 5.36. The summed E-state index contributed by atoms with van der Waals surface area (Å²) >= 11 is 6.12. The Bertz CT molecular complexity index is 790. The molecule has 6 heteroatoms. The number of aromatic amines is 1. The normalized spacial score (nSPS) is 11.0. The molecule has 1 aromatic carbocycles. The van der Waals surface area contributed by atoms with Crippen LogP contribution in [0.5, 0.6) is 0 Å². The minimum atomic E-state index is -0.198. The molecule has 0 unspecified atom stereocenters. The number of aryl methyl sites for hydroxylation is 1. The van der Waals surface area contributed by atoms with Crippen LogP contribution in [0.2, 0.25) is 5.02 Å². The highest BCUT2D eigenvalue weighted by Crippen LogP contribution is 2.21. The van der Waals surface area contributed by atoms with Crippen LogP contribution in [0.3, 0.4) is 0 Å². The highest BCUT2D eigenvalue weighted by Gasteiger charge is 2.11. The number of fused-ring (bicyclic) bond motifs is 1. The molecule has 2 aromatic heterocycles. The summed E-state index contributed by atoms with van der Waals surface area (Å²) in [5.41, 5.74) is 1.01. The van der Waals surface area contributed by atoms with E-state index in [4.69, 9.17) is 11.6 Å². The van der Waals surface area contributed by atoms with Gasteiger partial charge in [0, 0.05) is 0 Å². The largest absolute Gasteiger partial charge is 0.310 e. The zero-order valence-electron chi connectivity index (χ0n) is 9.51. The maximum Gasteiger partial charge on any atom is 0.262 e. The van der Waals surface area contributed by atoms with Crippen LogP contribution in [0.1, 0.15) is 5.82 Å². The molecule has 1 N–H and O–H groups in total. The summed E-state index contributed by atoms with van der Waals surface area (Å²) in [6.45, 7) is 1.73. The van der Waals surface area contributed by atoms with Crippen molar-refractivity contribution in [3.05, 3.63) is 51.7 Å². The van der Waals surface area contributed by atoms with Gasteiger partial charge in [0.15, 0.2) is 5.65 Å². The van der Waals surface area contributed by atoms with Gasteiger partial charge in [-0.2, -0.15) is 5.10 Å². The Hall–Kier alpha value is -2.14. The Balaban J connectivity index is 2.38. The van der Waals surface area contributed by atoms with E-state index < -0.39 is 0 Å². The smallest absolute Gasteiger partial charge is 0.262 e. The first kappa shape index (κ1) is 11.0. The van der Waals surface area contributed by atoms with Crippen molar-refractivity contribution in [1.29, 1.82) is 0 Å². The number of aromatic nitrogens is 4.